The highest BCUT2D eigenvalue weighted by molar-refractivity contribution is 14.1. The van der Waals surface area contributed by atoms with E-state index in [0.29, 0.717) is 23.5 Å². The maximum absolute atomic E-state index is 13.1. The van der Waals surface area contributed by atoms with Gasteiger partial charge in [-0.1, -0.05) is 12.1 Å². The van der Waals surface area contributed by atoms with Crippen molar-refractivity contribution in [1.29, 1.82) is 0 Å². The van der Waals surface area contributed by atoms with E-state index in [4.69, 9.17) is 15.6 Å². The van der Waals surface area contributed by atoms with E-state index in [1.807, 2.05) is 12.1 Å². The van der Waals surface area contributed by atoms with E-state index in [1.165, 1.54) is 12.1 Å². The van der Waals surface area contributed by atoms with Crippen LogP contribution in [0.5, 0.6) is 17.2 Å². The molecular formula is C22H18FI2NO4. The molecule has 0 spiro atoms. The molecule has 30 heavy (non-hydrogen) atoms. The van der Waals surface area contributed by atoms with Crippen molar-refractivity contribution in [2.45, 2.75) is 18.9 Å². The molecule has 5 nitrogen and oxygen atoms in total. The third-order valence-electron chi connectivity index (χ3n) is 4.41. The lowest BCUT2D eigenvalue weighted by atomic mass is 10.0. The minimum absolute atomic E-state index is 0.133. The zero-order valence-electron chi connectivity index (χ0n) is 15.6. The van der Waals surface area contributed by atoms with Gasteiger partial charge in [0.2, 0.25) is 0 Å². The second kappa shape index (κ2) is 9.92. The highest BCUT2D eigenvalue weighted by Crippen LogP contribution is 2.35. The Morgan fingerprint density at radius 1 is 1.03 bits per heavy atom. The predicted molar refractivity (Wildman–Crippen MR) is 129 cm³/mol. The lowest BCUT2D eigenvalue weighted by Gasteiger charge is -2.14. The first-order chi connectivity index (χ1) is 14.2. The molecule has 0 bridgehead atoms. The fourth-order valence-corrected chi connectivity index (χ4v) is 4.99. The summed E-state index contributed by atoms with van der Waals surface area (Å²) in [7, 11) is 0. The number of nitrogens with two attached hydrogens (primary N) is 1. The Morgan fingerprint density at radius 3 is 2.27 bits per heavy atom. The van der Waals surface area contributed by atoms with Gasteiger partial charge in [0, 0.05) is 12.0 Å². The molecule has 0 aliphatic carbocycles. The van der Waals surface area contributed by atoms with Gasteiger partial charge in [-0.15, -0.1) is 0 Å². The molecule has 0 unspecified atom stereocenters. The number of aliphatic carboxylic acids is 1. The SMILES string of the molecule is N[C@H](Cc1cc(I)c(Oc2ccc(O)c(Cc3ccc(F)cc3)c2)c(I)c1)C(=O)O. The molecule has 1 atom stereocenters. The third kappa shape index (κ3) is 5.82. The van der Waals surface area contributed by atoms with E-state index in [-0.39, 0.29) is 18.0 Å². The van der Waals surface area contributed by atoms with Crippen LogP contribution in [0.2, 0.25) is 0 Å². The molecule has 3 rings (SSSR count). The molecule has 3 aromatic rings. The summed E-state index contributed by atoms with van der Waals surface area (Å²) in [5, 5.41) is 19.2. The van der Waals surface area contributed by atoms with E-state index < -0.39 is 12.0 Å². The largest absolute Gasteiger partial charge is 0.508 e. The normalized spacial score (nSPS) is 11.9. The molecule has 156 valence electrons. The minimum atomic E-state index is -1.04. The van der Waals surface area contributed by atoms with Crippen LogP contribution < -0.4 is 10.5 Å². The Balaban J connectivity index is 1.82. The van der Waals surface area contributed by atoms with Crippen LogP contribution >= 0.6 is 45.2 Å². The number of phenols is 1. The maximum atomic E-state index is 13.1. The van der Waals surface area contributed by atoms with E-state index in [2.05, 4.69) is 45.2 Å². The summed E-state index contributed by atoms with van der Waals surface area (Å²) in [6.07, 6.45) is 0.659. The molecular weight excluding hydrogens is 615 g/mol. The molecule has 8 heteroatoms. The summed E-state index contributed by atoms with van der Waals surface area (Å²) in [4.78, 5) is 11.0. The van der Waals surface area contributed by atoms with E-state index >= 15 is 0 Å². The van der Waals surface area contributed by atoms with Gasteiger partial charge in [-0.25, -0.2) is 4.39 Å². The van der Waals surface area contributed by atoms with Crippen molar-refractivity contribution in [2.24, 2.45) is 5.73 Å². The molecule has 3 aromatic carbocycles. The van der Waals surface area contributed by atoms with Gasteiger partial charge in [-0.2, -0.15) is 0 Å². The second-order valence-electron chi connectivity index (χ2n) is 6.73. The fraction of sp³-hybridized carbons (Fsp3) is 0.136. The Labute approximate surface area is 200 Å². The van der Waals surface area contributed by atoms with Crippen LogP contribution in [0.3, 0.4) is 0 Å². The Hall–Kier alpha value is -1.92. The maximum Gasteiger partial charge on any atom is 0.320 e. The van der Waals surface area contributed by atoms with E-state index in [9.17, 15) is 14.3 Å². The summed E-state index contributed by atoms with van der Waals surface area (Å²) >= 11 is 4.27. The lowest BCUT2D eigenvalue weighted by Crippen LogP contribution is -2.32. The molecule has 0 saturated heterocycles. The number of hydrogen-bond acceptors (Lipinski definition) is 4. The van der Waals surface area contributed by atoms with Crippen molar-refractivity contribution in [3.8, 4) is 17.2 Å². The Kier molecular flexibility index (Phi) is 7.53. The fourth-order valence-electron chi connectivity index (χ4n) is 2.88. The zero-order valence-corrected chi connectivity index (χ0v) is 19.9. The summed E-state index contributed by atoms with van der Waals surface area (Å²) < 4.78 is 20.8. The van der Waals surface area contributed by atoms with Crippen LogP contribution in [0.25, 0.3) is 0 Å². The quantitative estimate of drug-likeness (QED) is 0.316. The summed E-state index contributed by atoms with van der Waals surface area (Å²) in [5.74, 6) is -0.0258. The third-order valence-corrected chi connectivity index (χ3v) is 6.01. The van der Waals surface area contributed by atoms with E-state index in [1.54, 1.807) is 30.3 Å². The van der Waals surface area contributed by atoms with Gasteiger partial charge in [0.1, 0.15) is 23.4 Å². The smallest absolute Gasteiger partial charge is 0.320 e. The molecule has 0 fully saturated rings. The average molecular weight is 633 g/mol. The van der Waals surface area contributed by atoms with Gasteiger partial charge in [0.05, 0.1) is 7.14 Å². The molecule has 0 aromatic heterocycles. The zero-order chi connectivity index (χ0) is 21.8. The van der Waals surface area contributed by atoms with Crippen molar-refractivity contribution < 1.29 is 24.1 Å². The van der Waals surface area contributed by atoms with Gasteiger partial charge in [-0.3, -0.25) is 4.79 Å². The number of benzene rings is 3. The van der Waals surface area contributed by atoms with Crippen LogP contribution in [-0.2, 0) is 17.6 Å². The predicted octanol–water partition coefficient (Wildman–Crippen LogP) is 5.08. The van der Waals surface area contributed by atoms with Crippen molar-refractivity contribution in [3.05, 3.63) is 84.2 Å². The van der Waals surface area contributed by atoms with Gasteiger partial charge >= 0.3 is 5.97 Å². The summed E-state index contributed by atoms with van der Waals surface area (Å²) in [6.45, 7) is 0. The monoisotopic (exact) mass is 633 g/mol. The number of hydrogen-bond donors (Lipinski definition) is 3. The number of carboxylic acids is 1. The Bertz CT molecular complexity index is 1050. The molecule has 0 aliphatic rings. The first kappa shape index (κ1) is 22.8. The van der Waals surface area contributed by atoms with Gasteiger partial charge in [0.25, 0.3) is 0 Å². The molecule has 0 saturated carbocycles. The van der Waals surface area contributed by atoms with E-state index in [0.717, 1.165) is 18.3 Å². The highest BCUT2D eigenvalue weighted by atomic mass is 127. The van der Waals surface area contributed by atoms with Gasteiger partial charge in [-0.05, 0) is 105 Å². The van der Waals surface area contributed by atoms with Crippen LogP contribution in [0.4, 0.5) is 4.39 Å². The van der Waals surface area contributed by atoms with Crippen molar-refractivity contribution in [1.82, 2.24) is 0 Å². The standard InChI is InChI=1S/C22H18FI2NO4/c23-15-3-1-12(2-4-15)7-14-11-16(5-6-20(14)27)30-21-17(24)8-13(9-18(21)25)10-19(26)22(28)29/h1-6,8-9,11,19,27H,7,10,26H2,(H,28,29)/t19-/m1/s1. The number of aromatic hydroxyl groups is 1. The first-order valence-corrected chi connectivity index (χ1v) is 11.1. The number of phenolic OH excluding ortho intramolecular Hbond substituents is 1. The lowest BCUT2D eigenvalue weighted by molar-refractivity contribution is -0.138. The van der Waals surface area contributed by atoms with Crippen LogP contribution in [0, 0.1) is 13.0 Å². The van der Waals surface area contributed by atoms with Gasteiger partial charge < -0.3 is 20.7 Å². The topological polar surface area (TPSA) is 92.8 Å². The van der Waals surface area contributed by atoms with Crippen molar-refractivity contribution in [3.63, 3.8) is 0 Å². The van der Waals surface area contributed by atoms with Crippen LogP contribution in [0.1, 0.15) is 16.7 Å². The number of rotatable bonds is 7. The number of ether oxygens (including phenoxy) is 1. The number of carboxylic acid groups (broad SMARTS) is 1. The van der Waals surface area contributed by atoms with Gasteiger partial charge in [0.15, 0.2) is 5.75 Å². The molecule has 0 amide bonds. The highest BCUT2D eigenvalue weighted by Gasteiger charge is 2.16. The minimum Gasteiger partial charge on any atom is -0.508 e. The molecule has 0 aliphatic heterocycles. The first-order valence-electron chi connectivity index (χ1n) is 8.93. The summed E-state index contributed by atoms with van der Waals surface area (Å²) in [6, 6.07) is 13.8. The average Bonchev–Trinajstić information content (AvgIpc) is 2.68. The molecule has 4 N–H and O–H groups in total. The van der Waals surface area contributed by atoms with Crippen LogP contribution in [-0.4, -0.2) is 22.2 Å². The Morgan fingerprint density at radius 2 is 1.67 bits per heavy atom. The second-order valence-corrected chi connectivity index (χ2v) is 9.06. The molecule has 0 radical (unpaired) electrons. The van der Waals surface area contributed by atoms with Crippen LogP contribution in [0.15, 0.2) is 54.6 Å². The molecule has 0 heterocycles. The van der Waals surface area contributed by atoms with Crippen molar-refractivity contribution in [2.75, 3.05) is 0 Å². The van der Waals surface area contributed by atoms with Crippen molar-refractivity contribution >= 4 is 51.2 Å². The number of halogens is 3. The number of carbonyl (C=O) groups is 1. The summed E-state index contributed by atoms with van der Waals surface area (Å²) in [5.41, 5.74) is 7.97.